The fourth-order valence-electron chi connectivity index (χ4n) is 3.72. The van der Waals surface area contributed by atoms with Gasteiger partial charge in [-0.05, 0) is 61.0 Å². The van der Waals surface area contributed by atoms with Gasteiger partial charge in [0, 0.05) is 27.1 Å². The lowest BCUT2D eigenvalue weighted by Gasteiger charge is -2.10. The third-order valence-electron chi connectivity index (χ3n) is 5.22. The van der Waals surface area contributed by atoms with Crippen LogP contribution >= 0.6 is 15.9 Å². The van der Waals surface area contributed by atoms with Crippen molar-refractivity contribution < 1.29 is 9.53 Å². The summed E-state index contributed by atoms with van der Waals surface area (Å²) < 4.78 is 8.59. The Morgan fingerprint density at radius 1 is 1.03 bits per heavy atom. The average molecular weight is 476 g/mol. The zero-order valence-corrected chi connectivity index (χ0v) is 19.1. The Hall–Kier alpha value is -3.38. The number of methoxy groups -OCH3 is 1. The van der Waals surface area contributed by atoms with Gasteiger partial charge in [-0.1, -0.05) is 46.3 Å². The molecule has 0 spiro atoms. The number of fused-ring (bicyclic) bond motifs is 1. The van der Waals surface area contributed by atoms with Gasteiger partial charge >= 0.3 is 0 Å². The maximum atomic E-state index is 12.8. The van der Waals surface area contributed by atoms with Crippen molar-refractivity contribution in [2.75, 3.05) is 7.11 Å². The minimum Gasteiger partial charge on any atom is -0.496 e. The van der Waals surface area contributed by atoms with E-state index in [-0.39, 0.29) is 5.91 Å². The molecule has 0 aliphatic carbocycles. The van der Waals surface area contributed by atoms with E-state index in [2.05, 4.69) is 43.2 Å². The van der Waals surface area contributed by atoms with E-state index in [1.54, 1.807) is 13.3 Å². The first-order valence-corrected chi connectivity index (χ1v) is 10.6. The summed E-state index contributed by atoms with van der Waals surface area (Å²) in [5, 5.41) is 6.18. The molecule has 0 unspecified atom stereocenters. The SMILES string of the molecule is COc1cc2ccccc2cc1C(=O)N/N=C\c1cc(C)n(-c2cccc(Br)c2)c1C. The molecule has 3 aromatic carbocycles. The van der Waals surface area contributed by atoms with Crippen LogP contribution in [0.2, 0.25) is 0 Å². The Bertz CT molecular complexity index is 1310. The van der Waals surface area contributed by atoms with Crippen LogP contribution in [0, 0.1) is 13.8 Å². The summed E-state index contributed by atoms with van der Waals surface area (Å²) in [4.78, 5) is 12.8. The molecule has 5 nitrogen and oxygen atoms in total. The maximum absolute atomic E-state index is 12.8. The molecule has 31 heavy (non-hydrogen) atoms. The van der Waals surface area contributed by atoms with Gasteiger partial charge in [0.15, 0.2) is 0 Å². The molecule has 0 atom stereocenters. The van der Waals surface area contributed by atoms with Crippen LogP contribution in [-0.2, 0) is 0 Å². The van der Waals surface area contributed by atoms with Gasteiger partial charge in [-0.25, -0.2) is 5.43 Å². The normalized spacial score (nSPS) is 11.2. The van der Waals surface area contributed by atoms with Gasteiger partial charge in [0.1, 0.15) is 5.75 Å². The second kappa shape index (κ2) is 8.78. The van der Waals surface area contributed by atoms with Crippen LogP contribution in [0.3, 0.4) is 0 Å². The molecule has 156 valence electrons. The molecule has 1 amide bonds. The van der Waals surface area contributed by atoms with E-state index in [9.17, 15) is 4.79 Å². The van der Waals surface area contributed by atoms with Crippen molar-refractivity contribution in [2.45, 2.75) is 13.8 Å². The molecule has 0 aliphatic rings. The van der Waals surface area contributed by atoms with Crippen molar-refractivity contribution in [1.82, 2.24) is 9.99 Å². The first kappa shape index (κ1) is 20.9. The predicted octanol–water partition coefficient (Wildman–Crippen LogP) is 5.78. The Labute approximate surface area is 189 Å². The maximum Gasteiger partial charge on any atom is 0.275 e. The van der Waals surface area contributed by atoms with Gasteiger partial charge < -0.3 is 9.30 Å². The molecular formula is C25H22BrN3O2. The van der Waals surface area contributed by atoms with Gasteiger partial charge in [-0.3, -0.25) is 4.79 Å². The highest BCUT2D eigenvalue weighted by atomic mass is 79.9. The third-order valence-corrected chi connectivity index (χ3v) is 5.71. The highest BCUT2D eigenvalue weighted by molar-refractivity contribution is 9.10. The summed E-state index contributed by atoms with van der Waals surface area (Å²) >= 11 is 3.52. The number of aromatic nitrogens is 1. The van der Waals surface area contributed by atoms with E-state index in [0.717, 1.165) is 37.9 Å². The number of carbonyl (C=O) groups is 1. The number of nitrogens with zero attached hydrogens (tertiary/aromatic N) is 2. The van der Waals surface area contributed by atoms with Gasteiger partial charge in [0.2, 0.25) is 0 Å². The van der Waals surface area contributed by atoms with Crippen molar-refractivity contribution in [3.63, 3.8) is 0 Å². The second-order valence-electron chi connectivity index (χ2n) is 7.24. The largest absolute Gasteiger partial charge is 0.496 e. The molecule has 6 heteroatoms. The quantitative estimate of drug-likeness (QED) is 0.293. The van der Waals surface area contributed by atoms with Gasteiger partial charge in [-0.2, -0.15) is 5.10 Å². The third kappa shape index (κ3) is 4.25. The molecule has 4 aromatic rings. The first-order valence-electron chi connectivity index (χ1n) is 9.83. The van der Waals surface area contributed by atoms with Crippen molar-refractivity contribution in [2.24, 2.45) is 5.10 Å². The molecule has 0 fully saturated rings. The molecule has 1 heterocycles. The number of hydrogen-bond acceptors (Lipinski definition) is 3. The smallest absolute Gasteiger partial charge is 0.275 e. The molecule has 0 bridgehead atoms. The van der Waals surface area contributed by atoms with E-state index in [4.69, 9.17) is 4.74 Å². The molecule has 1 aromatic heterocycles. The van der Waals surface area contributed by atoms with Crippen LogP contribution in [0.5, 0.6) is 5.75 Å². The van der Waals surface area contributed by atoms with Crippen LogP contribution in [0.15, 0.2) is 76.3 Å². The summed E-state index contributed by atoms with van der Waals surface area (Å²) in [6.45, 7) is 4.08. The summed E-state index contributed by atoms with van der Waals surface area (Å²) in [5.41, 5.74) is 7.19. The average Bonchev–Trinajstić information content (AvgIpc) is 3.05. The van der Waals surface area contributed by atoms with Crippen LogP contribution in [-0.4, -0.2) is 23.8 Å². The Morgan fingerprint density at radius 2 is 1.77 bits per heavy atom. The van der Waals surface area contributed by atoms with Crippen molar-refractivity contribution in [3.05, 3.63) is 93.7 Å². The van der Waals surface area contributed by atoms with Gasteiger partial charge in [0.05, 0.1) is 18.9 Å². The van der Waals surface area contributed by atoms with Gasteiger partial charge in [-0.15, -0.1) is 0 Å². The van der Waals surface area contributed by atoms with Crippen molar-refractivity contribution in [1.29, 1.82) is 0 Å². The molecule has 0 saturated carbocycles. The lowest BCUT2D eigenvalue weighted by atomic mass is 10.1. The van der Waals surface area contributed by atoms with E-state index in [1.165, 1.54) is 0 Å². The lowest BCUT2D eigenvalue weighted by molar-refractivity contribution is 0.0952. The fraction of sp³-hybridized carbons (Fsp3) is 0.120. The van der Waals surface area contributed by atoms with Crippen LogP contribution < -0.4 is 10.2 Å². The number of benzene rings is 3. The summed E-state index contributed by atoms with van der Waals surface area (Å²) in [6, 6.07) is 21.7. The Balaban J connectivity index is 1.57. The minimum atomic E-state index is -0.320. The fourth-order valence-corrected chi connectivity index (χ4v) is 4.10. The van der Waals surface area contributed by atoms with Crippen LogP contribution in [0.1, 0.15) is 27.3 Å². The van der Waals surface area contributed by atoms with Crippen molar-refractivity contribution in [3.8, 4) is 11.4 Å². The summed E-state index contributed by atoms with van der Waals surface area (Å²) in [5.74, 6) is 0.193. The summed E-state index contributed by atoms with van der Waals surface area (Å²) in [6.07, 6.45) is 1.67. The van der Waals surface area contributed by atoms with E-state index >= 15 is 0 Å². The topological polar surface area (TPSA) is 55.6 Å². The van der Waals surface area contributed by atoms with E-state index in [1.807, 2.05) is 68.4 Å². The highest BCUT2D eigenvalue weighted by Crippen LogP contribution is 2.26. The van der Waals surface area contributed by atoms with E-state index < -0.39 is 0 Å². The van der Waals surface area contributed by atoms with Crippen molar-refractivity contribution >= 4 is 38.8 Å². The lowest BCUT2D eigenvalue weighted by Crippen LogP contribution is -2.18. The number of hydrazone groups is 1. The first-order chi connectivity index (χ1) is 15.0. The number of carbonyl (C=O) groups excluding carboxylic acids is 1. The molecule has 0 saturated heterocycles. The number of aryl methyl sites for hydroxylation is 1. The minimum absolute atomic E-state index is 0.320. The molecule has 1 N–H and O–H groups in total. The second-order valence-corrected chi connectivity index (χ2v) is 8.16. The zero-order valence-electron chi connectivity index (χ0n) is 17.5. The standard InChI is InChI=1S/C25H22BrN3O2/c1-16-11-20(17(2)29(16)22-10-6-9-21(26)14-22)15-27-28-25(30)23-12-18-7-4-5-8-19(18)13-24(23)31-3/h4-15H,1-3H3,(H,28,30)/b27-15-. The highest BCUT2D eigenvalue weighted by Gasteiger charge is 2.14. The number of halogens is 1. The predicted molar refractivity (Wildman–Crippen MR) is 129 cm³/mol. The monoisotopic (exact) mass is 475 g/mol. The molecule has 0 radical (unpaired) electrons. The molecular weight excluding hydrogens is 454 g/mol. The molecule has 4 rings (SSSR count). The number of hydrogen-bond donors (Lipinski definition) is 1. The number of nitrogens with one attached hydrogen (secondary N) is 1. The summed E-state index contributed by atoms with van der Waals surface area (Å²) in [7, 11) is 1.56. The zero-order chi connectivity index (χ0) is 22.0. The number of amides is 1. The van der Waals surface area contributed by atoms with Crippen LogP contribution in [0.4, 0.5) is 0 Å². The van der Waals surface area contributed by atoms with Crippen LogP contribution in [0.25, 0.3) is 16.5 Å². The van der Waals surface area contributed by atoms with E-state index in [0.29, 0.717) is 11.3 Å². The Kier molecular flexibility index (Phi) is 5.91. The van der Waals surface area contributed by atoms with Gasteiger partial charge in [0.25, 0.3) is 5.91 Å². The molecule has 0 aliphatic heterocycles. The number of rotatable bonds is 5. The number of ether oxygens (including phenoxy) is 1. The Morgan fingerprint density at radius 3 is 2.48 bits per heavy atom.